The van der Waals surface area contributed by atoms with Crippen molar-refractivity contribution < 1.29 is 18.0 Å². The number of anilines is 1. The highest BCUT2D eigenvalue weighted by molar-refractivity contribution is 5.99. The lowest BCUT2D eigenvalue weighted by molar-refractivity contribution is -0.137. The van der Waals surface area contributed by atoms with Gasteiger partial charge in [0.15, 0.2) is 0 Å². The fourth-order valence-electron chi connectivity index (χ4n) is 1.58. The van der Waals surface area contributed by atoms with Gasteiger partial charge in [0.25, 0.3) is 5.91 Å². The average Bonchev–Trinajstić information content (AvgIpc) is 2.35. The average molecular weight is 274 g/mol. The van der Waals surface area contributed by atoms with E-state index in [9.17, 15) is 18.0 Å². The van der Waals surface area contributed by atoms with E-state index in [4.69, 9.17) is 5.73 Å². The monoisotopic (exact) mass is 274 g/mol. The van der Waals surface area contributed by atoms with Crippen molar-refractivity contribution in [1.29, 1.82) is 0 Å². The molecule has 0 aliphatic heterocycles. The maximum absolute atomic E-state index is 12.6. The molecular formula is C13H17F3N2O. The molecule has 1 unspecified atom stereocenters. The molecule has 0 heterocycles. The zero-order valence-electron chi connectivity index (χ0n) is 11.1. The Morgan fingerprint density at radius 3 is 2.47 bits per heavy atom. The predicted octanol–water partition coefficient (Wildman–Crippen LogP) is 3.16. The normalized spacial score (nSPS) is 13.2. The molecule has 1 aromatic carbocycles. The van der Waals surface area contributed by atoms with E-state index in [-0.39, 0.29) is 17.3 Å². The van der Waals surface area contributed by atoms with E-state index in [0.717, 1.165) is 18.2 Å². The van der Waals surface area contributed by atoms with E-state index in [1.165, 1.54) is 4.90 Å². The first-order valence-corrected chi connectivity index (χ1v) is 5.92. The summed E-state index contributed by atoms with van der Waals surface area (Å²) in [6.45, 7) is 3.71. The lowest BCUT2D eigenvalue weighted by atomic mass is 10.1. The van der Waals surface area contributed by atoms with Crippen LogP contribution in [-0.4, -0.2) is 23.9 Å². The smallest absolute Gasteiger partial charge is 0.398 e. The molecule has 0 saturated carbocycles. The summed E-state index contributed by atoms with van der Waals surface area (Å²) < 4.78 is 37.9. The maximum atomic E-state index is 12.6. The number of amides is 1. The molecule has 1 atom stereocenters. The SMILES string of the molecule is CCC(C)N(C)C(=O)c1cc(C(F)(F)F)ccc1N. The van der Waals surface area contributed by atoms with Crippen LogP contribution in [0.5, 0.6) is 0 Å². The number of benzene rings is 1. The Labute approximate surface area is 110 Å². The maximum Gasteiger partial charge on any atom is 0.416 e. The summed E-state index contributed by atoms with van der Waals surface area (Å²) in [6.07, 6.45) is -3.78. The Morgan fingerprint density at radius 2 is 2.00 bits per heavy atom. The number of halogens is 3. The third-order valence-electron chi connectivity index (χ3n) is 3.18. The van der Waals surface area contributed by atoms with Crippen LogP contribution in [0.15, 0.2) is 18.2 Å². The molecule has 0 aliphatic carbocycles. The van der Waals surface area contributed by atoms with Gasteiger partial charge < -0.3 is 10.6 Å². The Hall–Kier alpha value is -1.72. The van der Waals surface area contributed by atoms with Crippen LogP contribution >= 0.6 is 0 Å². The fraction of sp³-hybridized carbons (Fsp3) is 0.462. The van der Waals surface area contributed by atoms with Gasteiger partial charge in [-0.15, -0.1) is 0 Å². The van der Waals surface area contributed by atoms with Crippen LogP contribution in [0, 0.1) is 0 Å². The Morgan fingerprint density at radius 1 is 1.42 bits per heavy atom. The van der Waals surface area contributed by atoms with E-state index in [0.29, 0.717) is 6.42 Å². The second-order valence-corrected chi connectivity index (χ2v) is 4.47. The van der Waals surface area contributed by atoms with Gasteiger partial charge in [-0.25, -0.2) is 0 Å². The number of rotatable bonds is 3. The molecule has 2 N–H and O–H groups in total. The highest BCUT2D eigenvalue weighted by Crippen LogP contribution is 2.31. The van der Waals surface area contributed by atoms with Crippen molar-refractivity contribution in [2.75, 3.05) is 12.8 Å². The first-order valence-electron chi connectivity index (χ1n) is 5.92. The van der Waals surface area contributed by atoms with E-state index in [2.05, 4.69) is 0 Å². The van der Waals surface area contributed by atoms with Crippen molar-refractivity contribution in [3.05, 3.63) is 29.3 Å². The summed E-state index contributed by atoms with van der Waals surface area (Å²) >= 11 is 0. The zero-order chi connectivity index (χ0) is 14.8. The summed E-state index contributed by atoms with van der Waals surface area (Å²) in [4.78, 5) is 13.5. The second kappa shape index (κ2) is 5.50. The van der Waals surface area contributed by atoms with Gasteiger partial charge in [-0.05, 0) is 31.5 Å². The number of nitrogens with two attached hydrogens (primary N) is 1. The minimum absolute atomic E-state index is 0.0492. The Balaban J connectivity index is 3.16. The molecule has 0 fully saturated rings. The first-order chi connectivity index (χ1) is 8.68. The minimum Gasteiger partial charge on any atom is -0.398 e. The van der Waals surface area contributed by atoms with Gasteiger partial charge in [-0.2, -0.15) is 13.2 Å². The minimum atomic E-state index is -4.49. The van der Waals surface area contributed by atoms with Crippen LogP contribution in [0.4, 0.5) is 18.9 Å². The van der Waals surface area contributed by atoms with Gasteiger partial charge in [0, 0.05) is 18.8 Å². The predicted molar refractivity (Wildman–Crippen MR) is 67.7 cm³/mol. The third kappa shape index (κ3) is 3.39. The molecule has 1 rings (SSSR count). The van der Waals surface area contributed by atoms with Crippen LogP contribution in [0.3, 0.4) is 0 Å². The molecular weight excluding hydrogens is 257 g/mol. The van der Waals surface area contributed by atoms with Crippen molar-refractivity contribution in [1.82, 2.24) is 4.90 Å². The van der Waals surface area contributed by atoms with Gasteiger partial charge in [-0.1, -0.05) is 6.92 Å². The number of nitrogen functional groups attached to an aromatic ring is 1. The van der Waals surface area contributed by atoms with E-state index < -0.39 is 17.6 Å². The summed E-state index contributed by atoms with van der Waals surface area (Å²) in [6, 6.07) is 2.72. The van der Waals surface area contributed by atoms with Gasteiger partial charge in [0.05, 0.1) is 11.1 Å². The number of hydrogen-bond donors (Lipinski definition) is 1. The van der Waals surface area contributed by atoms with Crippen molar-refractivity contribution >= 4 is 11.6 Å². The second-order valence-electron chi connectivity index (χ2n) is 4.47. The van der Waals surface area contributed by atoms with Gasteiger partial charge >= 0.3 is 6.18 Å². The van der Waals surface area contributed by atoms with Crippen molar-refractivity contribution in [3.63, 3.8) is 0 Å². The van der Waals surface area contributed by atoms with Crippen LogP contribution in [0.2, 0.25) is 0 Å². The first kappa shape index (κ1) is 15.3. The van der Waals surface area contributed by atoms with Crippen LogP contribution in [-0.2, 0) is 6.18 Å². The summed E-state index contributed by atoms with van der Waals surface area (Å²) in [5, 5.41) is 0. The lowest BCUT2D eigenvalue weighted by Crippen LogP contribution is -2.35. The van der Waals surface area contributed by atoms with E-state index >= 15 is 0 Å². The molecule has 3 nitrogen and oxygen atoms in total. The number of alkyl halides is 3. The number of carbonyl (C=O) groups is 1. The molecule has 0 saturated heterocycles. The number of nitrogens with zero attached hydrogens (tertiary/aromatic N) is 1. The quantitative estimate of drug-likeness (QED) is 0.861. The Kier molecular flexibility index (Phi) is 4.44. The summed E-state index contributed by atoms with van der Waals surface area (Å²) in [5.41, 5.74) is 4.66. The van der Waals surface area contributed by atoms with Crippen molar-refractivity contribution in [2.24, 2.45) is 0 Å². The molecule has 1 amide bonds. The van der Waals surface area contributed by atoms with Crippen LogP contribution in [0.25, 0.3) is 0 Å². The molecule has 0 aliphatic rings. The molecule has 1 aromatic rings. The number of hydrogen-bond acceptors (Lipinski definition) is 2. The molecule has 106 valence electrons. The van der Waals surface area contributed by atoms with Gasteiger partial charge in [0.2, 0.25) is 0 Å². The molecule has 6 heteroatoms. The summed E-state index contributed by atoms with van der Waals surface area (Å²) in [5.74, 6) is -0.502. The highest BCUT2D eigenvalue weighted by atomic mass is 19.4. The number of carbonyl (C=O) groups excluding carboxylic acids is 1. The van der Waals surface area contributed by atoms with Crippen molar-refractivity contribution in [3.8, 4) is 0 Å². The third-order valence-corrected chi connectivity index (χ3v) is 3.18. The Bertz CT molecular complexity index is 471. The van der Waals surface area contributed by atoms with E-state index in [1.54, 1.807) is 7.05 Å². The molecule has 0 spiro atoms. The van der Waals surface area contributed by atoms with Crippen LogP contribution in [0.1, 0.15) is 36.2 Å². The zero-order valence-corrected chi connectivity index (χ0v) is 11.1. The fourth-order valence-corrected chi connectivity index (χ4v) is 1.58. The van der Waals surface area contributed by atoms with Gasteiger partial charge in [0.1, 0.15) is 0 Å². The standard InChI is InChI=1S/C13H17F3N2O/c1-4-8(2)18(3)12(19)10-7-9(13(14,15)16)5-6-11(10)17/h5-8H,4,17H2,1-3H3. The van der Waals surface area contributed by atoms with Crippen LogP contribution < -0.4 is 5.73 Å². The molecule has 19 heavy (non-hydrogen) atoms. The summed E-state index contributed by atoms with van der Waals surface area (Å²) in [7, 11) is 1.55. The van der Waals surface area contributed by atoms with Gasteiger partial charge in [-0.3, -0.25) is 4.79 Å². The van der Waals surface area contributed by atoms with Crippen molar-refractivity contribution in [2.45, 2.75) is 32.5 Å². The lowest BCUT2D eigenvalue weighted by Gasteiger charge is -2.24. The molecule has 0 bridgehead atoms. The molecule has 0 aromatic heterocycles. The highest BCUT2D eigenvalue weighted by Gasteiger charge is 2.32. The van der Waals surface area contributed by atoms with E-state index in [1.807, 2.05) is 13.8 Å². The topological polar surface area (TPSA) is 46.3 Å². The largest absolute Gasteiger partial charge is 0.416 e. The molecule has 0 radical (unpaired) electrons.